The summed E-state index contributed by atoms with van der Waals surface area (Å²) in [7, 11) is 0. The van der Waals surface area contributed by atoms with Crippen LogP contribution < -0.4 is 5.32 Å². The van der Waals surface area contributed by atoms with Gasteiger partial charge in [0, 0.05) is 34.2 Å². The molecule has 0 radical (unpaired) electrons. The van der Waals surface area contributed by atoms with Crippen LogP contribution in [0.2, 0.25) is 5.02 Å². The highest BCUT2D eigenvalue weighted by Crippen LogP contribution is 2.34. The van der Waals surface area contributed by atoms with Gasteiger partial charge in [-0.2, -0.15) is 0 Å². The monoisotopic (exact) mass is 451 g/mol. The van der Waals surface area contributed by atoms with Gasteiger partial charge in [-0.3, -0.25) is 4.98 Å². The Balaban J connectivity index is 1.61. The van der Waals surface area contributed by atoms with Crippen LogP contribution in [0.5, 0.6) is 0 Å². The van der Waals surface area contributed by atoms with E-state index in [-0.39, 0.29) is 0 Å². The second-order valence-corrected chi connectivity index (χ2v) is 8.78. The molecule has 4 aromatic rings. The third-order valence-corrected chi connectivity index (χ3v) is 6.65. The lowest BCUT2D eigenvalue weighted by Crippen LogP contribution is -2.25. The number of aromatic nitrogens is 3. The molecule has 0 aliphatic rings. The number of anilines is 1. The molecule has 0 spiro atoms. The molecule has 0 aliphatic heterocycles. The Hall–Kier alpha value is -2.54. The van der Waals surface area contributed by atoms with Crippen molar-refractivity contribution in [3.8, 4) is 21.1 Å². The second kappa shape index (κ2) is 10.2. The maximum absolute atomic E-state index is 6.26. The van der Waals surface area contributed by atoms with Crippen LogP contribution in [0.3, 0.4) is 0 Å². The molecule has 1 N–H and O–H groups in total. The molecule has 0 saturated carbocycles. The molecule has 160 valence electrons. The van der Waals surface area contributed by atoms with E-state index in [4.69, 9.17) is 21.6 Å². The number of hydrogen-bond acceptors (Lipinski definition) is 6. The van der Waals surface area contributed by atoms with Crippen molar-refractivity contribution in [2.75, 3.05) is 31.5 Å². The summed E-state index contributed by atoms with van der Waals surface area (Å²) in [5, 5.41) is 5.20. The topological polar surface area (TPSA) is 53.9 Å². The molecule has 0 bridgehead atoms. The highest BCUT2D eigenvalue weighted by atomic mass is 35.5. The molecule has 5 nitrogen and oxygen atoms in total. The number of rotatable bonds is 9. The molecule has 0 atom stereocenters. The number of nitrogens with zero attached hydrogens (tertiary/aromatic N) is 4. The van der Waals surface area contributed by atoms with Gasteiger partial charge in [0.05, 0.1) is 10.4 Å². The molecule has 4 rings (SSSR count). The van der Waals surface area contributed by atoms with Crippen molar-refractivity contribution in [3.05, 3.63) is 59.9 Å². The normalized spacial score (nSPS) is 11.4. The fourth-order valence-electron chi connectivity index (χ4n) is 3.53. The molecule has 7 heteroatoms. The van der Waals surface area contributed by atoms with Gasteiger partial charge in [0.2, 0.25) is 0 Å². The zero-order chi connectivity index (χ0) is 21.6. The van der Waals surface area contributed by atoms with Gasteiger partial charge < -0.3 is 10.2 Å². The molecule has 3 heterocycles. The zero-order valence-corrected chi connectivity index (χ0v) is 19.4. The highest BCUT2D eigenvalue weighted by Gasteiger charge is 2.13. The van der Waals surface area contributed by atoms with Gasteiger partial charge in [0.15, 0.2) is 5.82 Å². The summed E-state index contributed by atoms with van der Waals surface area (Å²) in [6.07, 6.45) is 4.67. The van der Waals surface area contributed by atoms with E-state index >= 15 is 0 Å². The molecule has 0 aliphatic carbocycles. The fourth-order valence-corrected chi connectivity index (χ4v) is 4.64. The fraction of sp³-hybridized carbons (Fsp3) is 0.292. The third kappa shape index (κ3) is 5.21. The number of thiophene rings is 1. The summed E-state index contributed by atoms with van der Waals surface area (Å²) in [6, 6.07) is 14.0. The maximum atomic E-state index is 6.26. The van der Waals surface area contributed by atoms with E-state index in [0.717, 1.165) is 59.8 Å². The van der Waals surface area contributed by atoms with Crippen molar-refractivity contribution < 1.29 is 0 Å². The average molecular weight is 452 g/mol. The lowest BCUT2D eigenvalue weighted by Gasteiger charge is -2.18. The van der Waals surface area contributed by atoms with Crippen LogP contribution in [0.4, 0.5) is 5.82 Å². The van der Waals surface area contributed by atoms with Crippen LogP contribution in [0.15, 0.2) is 54.9 Å². The van der Waals surface area contributed by atoms with Crippen LogP contribution in [0.1, 0.15) is 20.3 Å². The van der Waals surface area contributed by atoms with Crippen LogP contribution in [-0.2, 0) is 0 Å². The summed E-state index contributed by atoms with van der Waals surface area (Å²) >= 11 is 7.94. The summed E-state index contributed by atoms with van der Waals surface area (Å²) in [6.45, 7) is 8.49. The first-order valence-corrected chi connectivity index (χ1v) is 11.8. The first-order valence-electron chi connectivity index (χ1n) is 10.6. The van der Waals surface area contributed by atoms with Gasteiger partial charge in [-0.25, -0.2) is 9.97 Å². The van der Waals surface area contributed by atoms with Crippen molar-refractivity contribution in [3.63, 3.8) is 0 Å². The van der Waals surface area contributed by atoms with Crippen molar-refractivity contribution in [1.29, 1.82) is 0 Å². The Morgan fingerprint density at radius 2 is 1.74 bits per heavy atom. The number of hydrogen-bond donors (Lipinski definition) is 1. The zero-order valence-electron chi connectivity index (χ0n) is 17.8. The average Bonchev–Trinajstić information content (AvgIpc) is 3.30. The maximum Gasteiger partial charge on any atom is 0.172 e. The van der Waals surface area contributed by atoms with Gasteiger partial charge in [0.1, 0.15) is 5.82 Å². The van der Waals surface area contributed by atoms with E-state index in [1.54, 1.807) is 11.3 Å². The first-order chi connectivity index (χ1) is 15.2. The lowest BCUT2D eigenvalue weighted by molar-refractivity contribution is 0.303. The van der Waals surface area contributed by atoms with Gasteiger partial charge in [-0.1, -0.05) is 25.4 Å². The Morgan fingerprint density at radius 1 is 0.968 bits per heavy atom. The van der Waals surface area contributed by atoms with Crippen LogP contribution in [0.25, 0.3) is 32.0 Å². The van der Waals surface area contributed by atoms with Crippen molar-refractivity contribution in [2.24, 2.45) is 0 Å². The predicted octanol–water partition coefficient (Wildman–Crippen LogP) is 6.22. The smallest absolute Gasteiger partial charge is 0.172 e. The Morgan fingerprint density at radius 3 is 2.52 bits per heavy atom. The highest BCUT2D eigenvalue weighted by molar-refractivity contribution is 7.18. The molecule has 3 aromatic heterocycles. The van der Waals surface area contributed by atoms with Gasteiger partial charge >= 0.3 is 0 Å². The third-order valence-electron chi connectivity index (χ3n) is 5.29. The SMILES string of the molecule is CCN(CC)CCCNc1nc(-c2ccc(-c3ccncc3)s2)nc2cc(Cl)ccc12. The first kappa shape index (κ1) is 21.7. The quantitative estimate of drug-likeness (QED) is 0.306. The molecule has 0 amide bonds. The van der Waals surface area contributed by atoms with Crippen LogP contribution in [-0.4, -0.2) is 46.0 Å². The molecule has 0 fully saturated rings. The van der Waals surface area contributed by atoms with E-state index in [9.17, 15) is 0 Å². The Bertz CT molecular complexity index is 1140. The minimum atomic E-state index is 0.674. The lowest BCUT2D eigenvalue weighted by atomic mass is 10.2. The van der Waals surface area contributed by atoms with E-state index in [0.29, 0.717) is 10.8 Å². The minimum absolute atomic E-state index is 0.674. The number of pyridine rings is 1. The molecule has 31 heavy (non-hydrogen) atoms. The van der Waals surface area contributed by atoms with Crippen LogP contribution in [0, 0.1) is 0 Å². The number of nitrogens with one attached hydrogen (secondary N) is 1. The largest absolute Gasteiger partial charge is 0.369 e. The number of fused-ring (bicyclic) bond motifs is 1. The minimum Gasteiger partial charge on any atom is -0.369 e. The molecule has 0 saturated heterocycles. The van der Waals surface area contributed by atoms with Crippen LogP contribution >= 0.6 is 22.9 Å². The predicted molar refractivity (Wildman–Crippen MR) is 132 cm³/mol. The standard InChI is InChI=1S/C24H26ClN5S/c1-3-30(4-2)15-5-12-27-23-19-7-6-18(25)16-20(19)28-24(29-23)22-9-8-21(31-22)17-10-13-26-14-11-17/h6-11,13-14,16H,3-5,12,15H2,1-2H3,(H,27,28,29). The molecule has 1 aromatic carbocycles. The molecular formula is C24H26ClN5S. The summed E-state index contributed by atoms with van der Waals surface area (Å²) in [4.78, 5) is 18.4. The van der Waals surface area contributed by atoms with E-state index < -0.39 is 0 Å². The van der Waals surface area contributed by atoms with Gasteiger partial charge in [-0.15, -0.1) is 11.3 Å². The summed E-state index contributed by atoms with van der Waals surface area (Å²) in [5.74, 6) is 1.57. The Kier molecular flexibility index (Phi) is 7.12. The number of benzene rings is 1. The van der Waals surface area contributed by atoms with Crippen molar-refractivity contribution >= 4 is 39.7 Å². The van der Waals surface area contributed by atoms with Gasteiger partial charge in [-0.05, 0) is 74.1 Å². The number of halogens is 1. The molecule has 0 unspecified atom stereocenters. The van der Waals surface area contributed by atoms with Crippen molar-refractivity contribution in [1.82, 2.24) is 19.9 Å². The van der Waals surface area contributed by atoms with E-state index in [1.807, 2.05) is 42.7 Å². The summed E-state index contributed by atoms with van der Waals surface area (Å²) < 4.78 is 0. The summed E-state index contributed by atoms with van der Waals surface area (Å²) in [5.41, 5.74) is 1.99. The van der Waals surface area contributed by atoms with E-state index in [1.165, 1.54) is 4.88 Å². The second-order valence-electron chi connectivity index (χ2n) is 7.26. The van der Waals surface area contributed by atoms with Gasteiger partial charge in [0.25, 0.3) is 0 Å². The Labute approximate surface area is 192 Å². The molecular weight excluding hydrogens is 426 g/mol. The van der Waals surface area contributed by atoms with Crippen molar-refractivity contribution in [2.45, 2.75) is 20.3 Å². The van der Waals surface area contributed by atoms with E-state index in [2.05, 4.69) is 41.2 Å².